The van der Waals surface area contributed by atoms with E-state index in [1.54, 1.807) is 42.5 Å². The first-order valence-corrected chi connectivity index (χ1v) is 12.3. The average Bonchev–Trinajstić information content (AvgIpc) is 3.61. The fraction of sp³-hybridized carbons (Fsp3) is 0.222. The molecule has 3 atom stereocenters. The van der Waals surface area contributed by atoms with Gasteiger partial charge in [-0.15, -0.1) is 10.2 Å². The molecule has 37 heavy (non-hydrogen) atoms. The molecule has 1 aliphatic rings. The summed E-state index contributed by atoms with van der Waals surface area (Å²) in [5.41, 5.74) is 2.72. The van der Waals surface area contributed by atoms with E-state index in [-0.39, 0.29) is 23.8 Å². The molecule has 0 radical (unpaired) electrons. The Morgan fingerprint density at radius 1 is 1.14 bits per heavy atom. The van der Waals surface area contributed by atoms with Crippen molar-refractivity contribution < 1.29 is 13.9 Å². The lowest BCUT2D eigenvalue weighted by atomic mass is 9.86. The van der Waals surface area contributed by atoms with Crippen LogP contribution in [0.15, 0.2) is 71.6 Å². The molecular formula is C27H21Cl2N5O3. The monoisotopic (exact) mass is 533 g/mol. The summed E-state index contributed by atoms with van der Waals surface area (Å²) in [5.74, 6) is 0.637. The average molecular weight is 534 g/mol. The van der Waals surface area contributed by atoms with E-state index in [0.717, 1.165) is 11.1 Å². The van der Waals surface area contributed by atoms with E-state index >= 15 is 0 Å². The number of rotatable bonds is 6. The van der Waals surface area contributed by atoms with Crippen molar-refractivity contribution in [1.82, 2.24) is 20.1 Å². The summed E-state index contributed by atoms with van der Waals surface area (Å²) in [5, 5.41) is 17.5. The number of nitriles is 1. The predicted molar refractivity (Wildman–Crippen MR) is 137 cm³/mol. The highest BCUT2D eigenvalue weighted by molar-refractivity contribution is 6.42. The maximum atomic E-state index is 13.5. The molecule has 0 N–H and O–H groups in total. The molecule has 0 bridgehead atoms. The number of carbonyl (C=O) groups is 1. The van der Waals surface area contributed by atoms with E-state index in [1.807, 2.05) is 30.0 Å². The van der Waals surface area contributed by atoms with Crippen LogP contribution < -0.4 is 4.74 Å². The van der Waals surface area contributed by atoms with Gasteiger partial charge in [0.25, 0.3) is 5.91 Å². The molecule has 0 saturated carbocycles. The molecule has 8 nitrogen and oxygen atoms in total. The zero-order chi connectivity index (χ0) is 25.9. The highest BCUT2D eigenvalue weighted by atomic mass is 35.5. The summed E-state index contributed by atoms with van der Waals surface area (Å²) in [7, 11) is 0. The fourth-order valence-electron chi connectivity index (χ4n) is 4.60. The SMILES string of the molecule is CC(Oc1ccc(C#N)cn1)C1CN(C(=O)c2ccc(-c3nnco3)cc2)CC1c1ccc(Cl)c(Cl)c1. The summed E-state index contributed by atoms with van der Waals surface area (Å²) in [6.07, 6.45) is 2.46. The number of hydrogen-bond donors (Lipinski definition) is 0. The predicted octanol–water partition coefficient (Wildman–Crippen LogP) is 5.63. The van der Waals surface area contributed by atoms with Crippen LogP contribution in [0.4, 0.5) is 0 Å². The fourth-order valence-corrected chi connectivity index (χ4v) is 4.90. The number of ether oxygens (including phenoxy) is 1. The first kappa shape index (κ1) is 24.8. The number of likely N-dealkylation sites (tertiary alicyclic amines) is 1. The van der Waals surface area contributed by atoms with Crippen LogP contribution in [0, 0.1) is 17.2 Å². The summed E-state index contributed by atoms with van der Waals surface area (Å²) < 4.78 is 11.4. The summed E-state index contributed by atoms with van der Waals surface area (Å²) in [6.45, 7) is 2.93. The Labute approximate surface area is 223 Å². The third-order valence-corrected chi connectivity index (χ3v) is 7.28. The number of benzene rings is 2. The Balaban J connectivity index is 1.39. The van der Waals surface area contributed by atoms with Crippen molar-refractivity contribution in [3.05, 3.63) is 93.9 Å². The van der Waals surface area contributed by atoms with Gasteiger partial charge in [0.15, 0.2) is 0 Å². The van der Waals surface area contributed by atoms with Gasteiger partial charge in [-0.3, -0.25) is 4.79 Å². The molecule has 186 valence electrons. The number of carbonyl (C=O) groups excluding carboxylic acids is 1. The van der Waals surface area contributed by atoms with Gasteiger partial charge in [-0.1, -0.05) is 29.3 Å². The van der Waals surface area contributed by atoms with E-state index in [1.165, 1.54) is 12.6 Å². The van der Waals surface area contributed by atoms with E-state index in [2.05, 4.69) is 15.2 Å². The molecule has 1 aliphatic heterocycles. The van der Waals surface area contributed by atoms with Gasteiger partial charge in [-0.2, -0.15) is 5.26 Å². The summed E-state index contributed by atoms with van der Waals surface area (Å²) in [4.78, 5) is 19.5. The van der Waals surface area contributed by atoms with Gasteiger partial charge in [0.05, 0.1) is 15.6 Å². The van der Waals surface area contributed by atoms with Gasteiger partial charge >= 0.3 is 0 Å². The Bertz CT molecular complexity index is 1440. The third kappa shape index (κ3) is 5.29. The molecule has 5 rings (SSSR count). The van der Waals surface area contributed by atoms with Crippen molar-refractivity contribution in [3.63, 3.8) is 0 Å². The Kier molecular flexibility index (Phi) is 7.08. The maximum Gasteiger partial charge on any atom is 0.253 e. The van der Waals surface area contributed by atoms with Crippen molar-refractivity contribution in [1.29, 1.82) is 5.26 Å². The van der Waals surface area contributed by atoms with Crippen molar-refractivity contribution in [2.24, 2.45) is 5.92 Å². The van der Waals surface area contributed by atoms with Gasteiger partial charge in [0, 0.05) is 48.3 Å². The molecule has 1 fully saturated rings. The molecule has 0 aliphatic carbocycles. The molecule has 2 aromatic heterocycles. The quantitative estimate of drug-likeness (QED) is 0.316. The molecule has 2 aromatic carbocycles. The second kappa shape index (κ2) is 10.6. The molecular weight excluding hydrogens is 513 g/mol. The first-order valence-electron chi connectivity index (χ1n) is 11.6. The molecule has 0 spiro atoms. The molecule has 1 saturated heterocycles. The van der Waals surface area contributed by atoms with Crippen LogP contribution in [-0.2, 0) is 0 Å². The number of hydrogen-bond acceptors (Lipinski definition) is 7. The minimum absolute atomic E-state index is 0.0373. The first-order chi connectivity index (χ1) is 17.9. The highest BCUT2D eigenvalue weighted by Gasteiger charge is 2.40. The van der Waals surface area contributed by atoms with Crippen molar-refractivity contribution in [2.75, 3.05) is 13.1 Å². The summed E-state index contributed by atoms with van der Waals surface area (Å²) >= 11 is 12.5. The van der Waals surface area contributed by atoms with Crippen LogP contribution in [-0.4, -0.2) is 45.2 Å². The smallest absolute Gasteiger partial charge is 0.253 e. The number of nitrogens with zero attached hydrogens (tertiary/aromatic N) is 5. The van der Waals surface area contributed by atoms with Crippen molar-refractivity contribution in [3.8, 4) is 23.4 Å². The normalized spacial score (nSPS) is 17.8. The van der Waals surface area contributed by atoms with Crippen molar-refractivity contribution in [2.45, 2.75) is 18.9 Å². The van der Waals surface area contributed by atoms with Crippen LogP contribution in [0.1, 0.15) is 34.3 Å². The van der Waals surface area contributed by atoms with Crippen molar-refractivity contribution >= 4 is 29.1 Å². The second-order valence-electron chi connectivity index (χ2n) is 8.80. The van der Waals surface area contributed by atoms with Gasteiger partial charge in [0.1, 0.15) is 12.2 Å². The van der Waals surface area contributed by atoms with E-state index in [4.69, 9.17) is 37.6 Å². The number of amides is 1. The van der Waals surface area contributed by atoms with Crippen LogP contribution in [0.2, 0.25) is 10.0 Å². The van der Waals surface area contributed by atoms with Crippen LogP contribution in [0.5, 0.6) is 5.88 Å². The molecule has 4 aromatic rings. The number of pyridine rings is 1. The zero-order valence-electron chi connectivity index (χ0n) is 19.7. The standard InChI is InChI=1S/C27H21Cl2N5O3/c1-16(37-25-9-2-17(11-30)12-31-25)21-13-34(14-22(21)20-7-8-23(28)24(29)10-20)27(35)19-5-3-18(4-6-19)26-33-32-15-36-26/h2-10,12,15-16,21-22H,13-14H2,1H3. The van der Waals surface area contributed by atoms with Gasteiger partial charge in [0.2, 0.25) is 18.2 Å². The minimum atomic E-state index is -0.280. The topological polar surface area (TPSA) is 105 Å². The van der Waals surface area contributed by atoms with E-state index in [9.17, 15) is 4.79 Å². The molecule has 3 unspecified atom stereocenters. The van der Waals surface area contributed by atoms with Crippen LogP contribution in [0.3, 0.4) is 0 Å². The molecule has 3 heterocycles. The number of aromatic nitrogens is 3. The molecule has 1 amide bonds. The zero-order valence-corrected chi connectivity index (χ0v) is 21.2. The Morgan fingerprint density at radius 2 is 1.95 bits per heavy atom. The Morgan fingerprint density at radius 3 is 2.59 bits per heavy atom. The maximum absolute atomic E-state index is 13.5. The van der Waals surface area contributed by atoms with Crippen LogP contribution >= 0.6 is 23.2 Å². The van der Waals surface area contributed by atoms with Gasteiger partial charge in [-0.25, -0.2) is 4.98 Å². The van der Waals surface area contributed by atoms with Gasteiger partial charge in [-0.05, 0) is 55.0 Å². The second-order valence-corrected chi connectivity index (χ2v) is 9.61. The largest absolute Gasteiger partial charge is 0.474 e. The lowest BCUT2D eigenvalue weighted by molar-refractivity contribution is 0.0769. The van der Waals surface area contributed by atoms with Crippen LogP contribution in [0.25, 0.3) is 11.5 Å². The van der Waals surface area contributed by atoms with E-state index < -0.39 is 0 Å². The number of halogens is 2. The summed E-state index contributed by atoms with van der Waals surface area (Å²) in [6, 6.07) is 18.0. The highest BCUT2D eigenvalue weighted by Crippen LogP contribution is 2.39. The van der Waals surface area contributed by atoms with Gasteiger partial charge < -0.3 is 14.1 Å². The van der Waals surface area contributed by atoms with E-state index in [0.29, 0.717) is 46.0 Å². The molecule has 10 heteroatoms. The lowest BCUT2D eigenvalue weighted by Gasteiger charge is -2.25. The third-order valence-electron chi connectivity index (χ3n) is 6.54. The Hall–Kier alpha value is -3.93. The lowest BCUT2D eigenvalue weighted by Crippen LogP contribution is -2.32. The minimum Gasteiger partial charge on any atom is -0.474 e.